The van der Waals surface area contributed by atoms with Crippen LogP contribution in [0, 0.1) is 11.8 Å². The second kappa shape index (κ2) is 8.09. The van der Waals surface area contributed by atoms with Crippen molar-refractivity contribution in [2.24, 2.45) is 17.0 Å². The maximum atomic E-state index is 8.37. The van der Waals surface area contributed by atoms with Crippen molar-refractivity contribution in [3.05, 3.63) is 0 Å². The highest BCUT2D eigenvalue weighted by Crippen LogP contribution is 2.20. The van der Waals surface area contributed by atoms with Crippen molar-refractivity contribution in [1.82, 2.24) is 0 Å². The van der Waals surface area contributed by atoms with Crippen molar-refractivity contribution >= 4 is 6.21 Å². The maximum Gasteiger partial charge on any atom is 0.0464 e. The first-order valence-electron chi connectivity index (χ1n) is 5.42. The molecule has 0 aromatic carbocycles. The standard InChI is InChI=1S/C11H23NO/c1-4-6-7-11(5-2)8-10(3)9-12-13/h9-11,13H,4-8H2,1-3H3. The van der Waals surface area contributed by atoms with Crippen molar-refractivity contribution in [2.75, 3.05) is 0 Å². The molecule has 13 heavy (non-hydrogen) atoms. The third-order valence-electron chi connectivity index (χ3n) is 2.57. The van der Waals surface area contributed by atoms with Crippen LogP contribution < -0.4 is 0 Å². The van der Waals surface area contributed by atoms with Crippen LogP contribution in [0.15, 0.2) is 5.16 Å². The van der Waals surface area contributed by atoms with Crippen LogP contribution in [0.5, 0.6) is 0 Å². The second-order valence-electron chi connectivity index (χ2n) is 3.89. The minimum absolute atomic E-state index is 0.409. The van der Waals surface area contributed by atoms with Gasteiger partial charge in [0.2, 0.25) is 0 Å². The Morgan fingerprint density at radius 3 is 2.54 bits per heavy atom. The zero-order chi connectivity index (χ0) is 10.1. The van der Waals surface area contributed by atoms with E-state index in [2.05, 4.69) is 25.9 Å². The van der Waals surface area contributed by atoms with Crippen molar-refractivity contribution in [2.45, 2.75) is 52.9 Å². The molecule has 0 bridgehead atoms. The Kier molecular flexibility index (Phi) is 7.76. The molecule has 0 heterocycles. The summed E-state index contributed by atoms with van der Waals surface area (Å²) in [4.78, 5) is 0. The quantitative estimate of drug-likeness (QED) is 0.366. The number of rotatable bonds is 7. The van der Waals surface area contributed by atoms with Gasteiger partial charge in [0.1, 0.15) is 0 Å². The highest BCUT2D eigenvalue weighted by Gasteiger charge is 2.09. The van der Waals surface area contributed by atoms with Crippen molar-refractivity contribution in [3.63, 3.8) is 0 Å². The SMILES string of the molecule is CCCCC(CC)CC(C)C=NO. The lowest BCUT2D eigenvalue weighted by Gasteiger charge is -2.16. The van der Waals surface area contributed by atoms with E-state index in [9.17, 15) is 0 Å². The van der Waals surface area contributed by atoms with E-state index in [1.807, 2.05) is 0 Å². The minimum atomic E-state index is 0.409. The summed E-state index contributed by atoms with van der Waals surface area (Å²) in [7, 11) is 0. The number of unbranched alkanes of at least 4 members (excludes halogenated alkanes) is 1. The van der Waals surface area contributed by atoms with Gasteiger partial charge in [-0.05, 0) is 18.3 Å². The van der Waals surface area contributed by atoms with Gasteiger partial charge in [-0.3, -0.25) is 0 Å². The van der Waals surface area contributed by atoms with Gasteiger partial charge in [0, 0.05) is 6.21 Å². The van der Waals surface area contributed by atoms with E-state index in [1.165, 1.54) is 25.7 Å². The van der Waals surface area contributed by atoms with Gasteiger partial charge in [-0.1, -0.05) is 46.5 Å². The van der Waals surface area contributed by atoms with E-state index in [0.717, 1.165) is 12.3 Å². The van der Waals surface area contributed by atoms with Gasteiger partial charge in [0.05, 0.1) is 0 Å². The highest BCUT2D eigenvalue weighted by atomic mass is 16.4. The average molecular weight is 185 g/mol. The molecule has 0 aliphatic carbocycles. The van der Waals surface area contributed by atoms with Gasteiger partial charge < -0.3 is 5.21 Å². The van der Waals surface area contributed by atoms with E-state index < -0.39 is 0 Å². The average Bonchev–Trinajstić information content (AvgIpc) is 2.12. The maximum absolute atomic E-state index is 8.37. The molecule has 2 heteroatoms. The molecule has 0 aliphatic rings. The first kappa shape index (κ1) is 12.5. The molecule has 0 aliphatic heterocycles. The number of nitrogens with zero attached hydrogens (tertiary/aromatic N) is 1. The molecule has 0 saturated carbocycles. The minimum Gasteiger partial charge on any atom is -0.411 e. The molecular weight excluding hydrogens is 162 g/mol. The summed E-state index contributed by atoms with van der Waals surface area (Å²) in [6.07, 6.45) is 7.94. The summed E-state index contributed by atoms with van der Waals surface area (Å²) in [5.74, 6) is 1.21. The Morgan fingerprint density at radius 1 is 1.38 bits per heavy atom. The van der Waals surface area contributed by atoms with Gasteiger partial charge in [-0.2, -0.15) is 0 Å². The Hall–Kier alpha value is -0.530. The lowest BCUT2D eigenvalue weighted by molar-refractivity contribution is 0.315. The third-order valence-corrected chi connectivity index (χ3v) is 2.57. The predicted molar refractivity (Wildman–Crippen MR) is 57.4 cm³/mol. The summed E-state index contributed by atoms with van der Waals surface area (Å²) in [6.45, 7) is 6.57. The second-order valence-corrected chi connectivity index (χ2v) is 3.89. The van der Waals surface area contributed by atoms with E-state index in [-0.39, 0.29) is 0 Å². The van der Waals surface area contributed by atoms with Crippen LogP contribution in [-0.4, -0.2) is 11.4 Å². The Balaban J connectivity index is 3.68. The summed E-state index contributed by atoms with van der Waals surface area (Å²) in [5.41, 5.74) is 0. The molecule has 0 fully saturated rings. The van der Waals surface area contributed by atoms with E-state index in [1.54, 1.807) is 6.21 Å². The Labute approximate surface area is 82.0 Å². The smallest absolute Gasteiger partial charge is 0.0464 e. The van der Waals surface area contributed by atoms with Crippen LogP contribution in [0.2, 0.25) is 0 Å². The molecular formula is C11H23NO. The summed E-state index contributed by atoms with van der Waals surface area (Å²) in [6, 6.07) is 0. The van der Waals surface area contributed by atoms with Crippen LogP contribution in [-0.2, 0) is 0 Å². The largest absolute Gasteiger partial charge is 0.411 e. The van der Waals surface area contributed by atoms with Crippen LogP contribution in [0.25, 0.3) is 0 Å². The van der Waals surface area contributed by atoms with Gasteiger partial charge in [0.25, 0.3) is 0 Å². The van der Waals surface area contributed by atoms with E-state index in [4.69, 9.17) is 5.21 Å². The van der Waals surface area contributed by atoms with E-state index >= 15 is 0 Å². The molecule has 0 aromatic rings. The van der Waals surface area contributed by atoms with E-state index in [0.29, 0.717) is 5.92 Å². The molecule has 78 valence electrons. The summed E-state index contributed by atoms with van der Waals surface area (Å²) >= 11 is 0. The van der Waals surface area contributed by atoms with Crippen LogP contribution >= 0.6 is 0 Å². The van der Waals surface area contributed by atoms with Gasteiger partial charge in [0.15, 0.2) is 0 Å². The molecule has 2 nitrogen and oxygen atoms in total. The molecule has 2 unspecified atom stereocenters. The fraction of sp³-hybridized carbons (Fsp3) is 0.909. The van der Waals surface area contributed by atoms with Crippen LogP contribution in [0.3, 0.4) is 0 Å². The number of hydrogen-bond acceptors (Lipinski definition) is 2. The molecule has 0 rings (SSSR count). The lowest BCUT2D eigenvalue weighted by atomic mass is 9.90. The van der Waals surface area contributed by atoms with Crippen molar-refractivity contribution < 1.29 is 5.21 Å². The number of hydrogen-bond donors (Lipinski definition) is 1. The van der Waals surface area contributed by atoms with Gasteiger partial charge in [-0.15, -0.1) is 5.16 Å². The molecule has 1 N–H and O–H groups in total. The van der Waals surface area contributed by atoms with Gasteiger partial charge >= 0.3 is 0 Å². The predicted octanol–water partition coefficient (Wildman–Crippen LogP) is 3.69. The zero-order valence-corrected chi connectivity index (χ0v) is 9.16. The topological polar surface area (TPSA) is 32.6 Å². The Morgan fingerprint density at radius 2 is 2.08 bits per heavy atom. The van der Waals surface area contributed by atoms with Crippen molar-refractivity contribution in [1.29, 1.82) is 0 Å². The summed E-state index contributed by atoms with van der Waals surface area (Å²) < 4.78 is 0. The third kappa shape index (κ3) is 6.62. The molecule has 0 saturated heterocycles. The molecule has 0 amide bonds. The zero-order valence-electron chi connectivity index (χ0n) is 9.16. The van der Waals surface area contributed by atoms with Gasteiger partial charge in [-0.25, -0.2) is 0 Å². The fourth-order valence-electron chi connectivity index (χ4n) is 1.68. The van der Waals surface area contributed by atoms with Crippen LogP contribution in [0.4, 0.5) is 0 Å². The Bertz CT molecular complexity index is 134. The fourth-order valence-corrected chi connectivity index (χ4v) is 1.68. The monoisotopic (exact) mass is 185 g/mol. The van der Waals surface area contributed by atoms with Crippen LogP contribution in [0.1, 0.15) is 52.9 Å². The molecule has 0 aromatic heterocycles. The first-order chi connectivity index (χ1) is 6.24. The highest BCUT2D eigenvalue weighted by molar-refractivity contribution is 5.59. The molecule has 0 spiro atoms. The number of oxime groups is 1. The molecule has 0 radical (unpaired) electrons. The lowest BCUT2D eigenvalue weighted by Crippen LogP contribution is -2.06. The normalized spacial score (nSPS) is 16.2. The molecule has 2 atom stereocenters. The van der Waals surface area contributed by atoms with Crippen molar-refractivity contribution in [3.8, 4) is 0 Å². The summed E-state index contributed by atoms with van der Waals surface area (Å²) in [5, 5.41) is 11.4. The first-order valence-corrected chi connectivity index (χ1v) is 5.42.